The second-order valence-electron chi connectivity index (χ2n) is 5.35. The van der Waals surface area contributed by atoms with Crippen LogP contribution >= 0.6 is 0 Å². The predicted octanol–water partition coefficient (Wildman–Crippen LogP) is 3.59. The van der Waals surface area contributed by atoms with Crippen LogP contribution in [0.2, 0.25) is 0 Å². The minimum absolute atomic E-state index is 0.428. The first kappa shape index (κ1) is 17.1. The number of nitrogens with zero attached hydrogens (tertiary/aromatic N) is 4. The van der Waals surface area contributed by atoms with Crippen molar-refractivity contribution >= 4 is 11.5 Å². The summed E-state index contributed by atoms with van der Waals surface area (Å²) in [5.41, 5.74) is 1.16. The van der Waals surface area contributed by atoms with Crippen LogP contribution in [0.25, 0.3) is 0 Å². The van der Waals surface area contributed by atoms with Crippen LogP contribution in [-0.2, 0) is 12.7 Å². The summed E-state index contributed by atoms with van der Waals surface area (Å²) in [6, 6.07) is 10.3. The Morgan fingerprint density at radius 3 is 2.04 bits per heavy atom. The zero-order valence-corrected chi connectivity index (χ0v) is 13.3. The van der Waals surface area contributed by atoms with Gasteiger partial charge in [0.1, 0.15) is 0 Å². The molecule has 23 heavy (non-hydrogen) atoms. The summed E-state index contributed by atoms with van der Waals surface area (Å²) in [6.07, 6.45) is -4.47. The SMILES string of the molecule is CCN(Cc1ccc(N(C)C)cc1)c1ccc(C(F)(F)F)nn1. The number of hydrogen-bond donors (Lipinski definition) is 0. The summed E-state index contributed by atoms with van der Waals surface area (Å²) in [7, 11) is 3.93. The van der Waals surface area contributed by atoms with Gasteiger partial charge in [-0.25, -0.2) is 0 Å². The van der Waals surface area contributed by atoms with Gasteiger partial charge in [0.25, 0.3) is 0 Å². The maximum absolute atomic E-state index is 12.5. The van der Waals surface area contributed by atoms with Crippen molar-refractivity contribution in [3.05, 3.63) is 47.7 Å². The molecule has 1 aromatic carbocycles. The second-order valence-corrected chi connectivity index (χ2v) is 5.35. The van der Waals surface area contributed by atoms with E-state index in [2.05, 4.69) is 10.2 Å². The van der Waals surface area contributed by atoms with Crippen molar-refractivity contribution in [3.8, 4) is 0 Å². The summed E-state index contributed by atoms with van der Waals surface area (Å²) in [6.45, 7) is 3.10. The third-order valence-corrected chi connectivity index (χ3v) is 3.47. The molecule has 0 atom stereocenters. The molecule has 0 unspecified atom stereocenters. The van der Waals surface area contributed by atoms with Gasteiger partial charge in [-0.3, -0.25) is 0 Å². The van der Waals surface area contributed by atoms with E-state index < -0.39 is 11.9 Å². The molecule has 2 rings (SSSR count). The molecule has 4 nitrogen and oxygen atoms in total. The molecule has 0 radical (unpaired) electrons. The minimum Gasteiger partial charge on any atom is -0.378 e. The molecule has 0 bridgehead atoms. The average Bonchev–Trinajstić information content (AvgIpc) is 2.52. The molecule has 7 heteroatoms. The van der Waals surface area contributed by atoms with Gasteiger partial charge in [0, 0.05) is 32.9 Å². The van der Waals surface area contributed by atoms with E-state index in [0.29, 0.717) is 18.9 Å². The van der Waals surface area contributed by atoms with Crippen LogP contribution in [-0.4, -0.2) is 30.8 Å². The van der Waals surface area contributed by atoms with E-state index in [1.54, 1.807) is 0 Å². The highest BCUT2D eigenvalue weighted by atomic mass is 19.4. The van der Waals surface area contributed by atoms with Gasteiger partial charge in [0.15, 0.2) is 11.5 Å². The topological polar surface area (TPSA) is 32.3 Å². The second kappa shape index (κ2) is 6.85. The van der Waals surface area contributed by atoms with Gasteiger partial charge < -0.3 is 9.80 Å². The van der Waals surface area contributed by atoms with E-state index in [9.17, 15) is 13.2 Å². The van der Waals surface area contributed by atoms with Crippen molar-refractivity contribution in [1.29, 1.82) is 0 Å². The number of benzene rings is 1. The maximum Gasteiger partial charge on any atom is 0.435 e. The summed E-state index contributed by atoms with van der Waals surface area (Å²) in [5.74, 6) is 0.428. The van der Waals surface area contributed by atoms with E-state index in [1.807, 2.05) is 55.1 Å². The number of anilines is 2. The first-order chi connectivity index (χ1) is 10.8. The summed E-state index contributed by atoms with van der Waals surface area (Å²) < 4.78 is 37.6. The lowest BCUT2D eigenvalue weighted by molar-refractivity contribution is -0.141. The molecule has 1 heterocycles. The van der Waals surface area contributed by atoms with Crippen molar-refractivity contribution < 1.29 is 13.2 Å². The van der Waals surface area contributed by atoms with Crippen molar-refractivity contribution in [1.82, 2.24) is 10.2 Å². The van der Waals surface area contributed by atoms with E-state index in [4.69, 9.17) is 0 Å². The summed E-state index contributed by atoms with van der Waals surface area (Å²) in [5, 5.41) is 6.98. The molecule has 1 aromatic heterocycles. The molecule has 0 aliphatic rings. The molecule has 0 fully saturated rings. The van der Waals surface area contributed by atoms with Crippen molar-refractivity contribution in [2.75, 3.05) is 30.4 Å². The van der Waals surface area contributed by atoms with Gasteiger partial charge in [0.05, 0.1) is 0 Å². The molecule has 0 aliphatic heterocycles. The Bertz CT molecular complexity index is 621. The van der Waals surface area contributed by atoms with Crippen LogP contribution in [0.4, 0.5) is 24.7 Å². The molecule has 0 saturated carbocycles. The van der Waals surface area contributed by atoms with E-state index >= 15 is 0 Å². The van der Waals surface area contributed by atoms with Gasteiger partial charge in [-0.15, -0.1) is 10.2 Å². The normalized spacial score (nSPS) is 11.4. The molecule has 0 spiro atoms. The third-order valence-electron chi connectivity index (χ3n) is 3.47. The van der Waals surface area contributed by atoms with Crippen LogP contribution in [0.3, 0.4) is 0 Å². The summed E-state index contributed by atoms with van der Waals surface area (Å²) >= 11 is 0. The highest BCUT2D eigenvalue weighted by molar-refractivity contribution is 5.47. The maximum atomic E-state index is 12.5. The van der Waals surface area contributed by atoms with Crippen molar-refractivity contribution in [2.45, 2.75) is 19.6 Å². The number of aromatic nitrogens is 2. The Hall–Kier alpha value is -2.31. The fourth-order valence-corrected chi connectivity index (χ4v) is 2.12. The molecular formula is C16H19F3N4. The van der Waals surface area contributed by atoms with Crippen LogP contribution in [0.5, 0.6) is 0 Å². The number of rotatable bonds is 5. The lowest BCUT2D eigenvalue weighted by atomic mass is 10.2. The number of halogens is 3. The number of alkyl halides is 3. The summed E-state index contributed by atoms with van der Waals surface area (Å²) in [4.78, 5) is 3.88. The van der Waals surface area contributed by atoms with Gasteiger partial charge in [-0.05, 0) is 36.8 Å². The smallest absolute Gasteiger partial charge is 0.378 e. The van der Waals surface area contributed by atoms with E-state index in [1.165, 1.54) is 6.07 Å². The Morgan fingerprint density at radius 2 is 1.61 bits per heavy atom. The monoisotopic (exact) mass is 324 g/mol. The van der Waals surface area contributed by atoms with E-state index in [-0.39, 0.29) is 0 Å². The minimum atomic E-state index is -4.47. The molecule has 124 valence electrons. The largest absolute Gasteiger partial charge is 0.435 e. The van der Waals surface area contributed by atoms with Gasteiger partial charge in [0.2, 0.25) is 0 Å². The zero-order chi connectivity index (χ0) is 17.0. The average molecular weight is 324 g/mol. The standard InChI is InChI=1S/C16H19F3N4/c1-4-23(11-12-5-7-13(8-6-12)22(2)3)15-10-9-14(20-21-15)16(17,18)19/h5-10H,4,11H2,1-3H3. The highest BCUT2D eigenvalue weighted by Crippen LogP contribution is 2.27. The fourth-order valence-electron chi connectivity index (χ4n) is 2.12. The quantitative estimate of drug-likeness (QED) is 0.841. The van der Waals surface area contributed by atoms with Crippen LogP contribution in [0, 0.1) is 0 Å². The fraction of sp³-hybridized carbons (Fsp3) is 0.375. The number of hydrogen-bond acceptors (Lipinski definition) is 4. The lowest BCUT2D eigenvalue weighted by Gasteiger charge is -2.22. The molecule has 0 amide bonds. The Kier molecular flexibility index (Phi) is 5.08. The highest BCUT2D eigenvalue weighted by Gasteiger charge is 2.33. The Labute approximate surface area is 133 Å². The Morgan fingerprint density at radius 1 is 0.957 bits per heavy atom. The van der Waals surface area contributed by atoms with Crippen LogP contribution in [0.1, 0.15) is 18.2 Å². The van der Waals surface area contributed by atoms with Crippen molar-refractivity contribution in [2.24, 2.45) is 0 Å². The molecule has 0 N–H and O–H groups in total. The van der Waals surface area contributed by atoms with Crippen LogP contribution in [0.15, 0.2) is 36.4 Å². The molecule has 0 aliphatic carbocycles. The molecule has 2 aromatic rings. The van der Waals surface area contributed by atoms with Gasteiger partial charge >= 0.3 is 6.18 Å². The van der Waals surface area contributed by atoms with Gasteiger partial charge in [-0.2, -0.15) is 13.2 Å². The predicted molar refractivity (Wildman–Crippen MR) is 84.5 cm³/mol. The first-order valence-corrected chi connectivity index (χ1v) is 7.23. The van der Waals surface area contributed by atoms with Crippen molar-refractivity contribution in [3.63, 3.8) is 0 Å². The van der Waals surface area contributed by atoms with Crippen LogP contribution < -0.4 is 9.80 Å². The lowest BCUT2D eigenvalue weighted by Crippen LogP contribution is -2.24. The van der Waals surface area contributed by atoms with E-state index in [0.717, 1.165) is 17.3 Å². The zero-order valence-electron chi connectivity index (χ0n) is 13.3. The molecular weight excluding hydrogens is 305 g/mol. The van der Waals surface area contributed by atoms with Gasteiger partial charge in [-0.1, -0.05) is 12.1 Å². The third kappa shape index (κ3) is 4.34. The first-order valence-electron chi connectivity index (χ1n) is 7.23. The molecule has 0 saturated heterocycles. The Balaban J connectivity index is 2.13.